The largest absolute Gasteiger partial charge is 0.335 e. The van der Waals surface area contributed by atoms with Crippen LogP contribution >= 0.6 is 23.4 Å². The number of halogens is 1. The minimum atomic E-state index is -0.124. The van der Waals surface area contributed by atoms with E-state index in [0.29, 0.717) is 46.7 Å². The first-order chi connectivity index (χ1) is 11.1. The van der Waals surface area contributed by atoms with Gasteiger partial charge in [0.2, 0.25) is 17.0 Å². The van der Waals surface area contributed by atoms with Crippen LogP contribution in [0, 0.1) is 0 Å². The highest BCUT2D eigenvalue weighted by Gasteiger charge is 2.28. The summed E-state index contributed by atoms with van der Waals surface area (Å²) in [6.45, 7) is 0.344. The summed E-state index contributed by atoms with van der Waals surface area (Å²) in [5.41, 5.74) is 0.695. The lowest BCUT2D eigenvalue weighted by atomic mass is 10.2. The zero-order chi connectivity index (χ0) is 16.4. The summed E-state index contributed by atoms with van der Waals surface area (Å²) in [6.07, 6.45) is 0.598. The zero-order valence-corrected chi connectivity index (χ0v) is 13.7. The molecular weight excluding hydrogens is 338 g/mol. The Morgan fingerprint density at radius 2 is 1.87 bits per heavy atom. The molecule has 0 bridgehead atoms. The topological polar surface area (TPSA) is 94.1 Å². The molecule has 9 heteroatoms. The van der Waals surface area contributed by atoms with E-state index < -0.39 is 0 Å². The number of aromatic nitrogens is 3. The summed E-state index contributed by atoms with van der Waals surface area (Å²) >= 11 is 7.47. The van der Waals surface area contributed by atoms with Crippen molar-refractivity contribution in [1.29, 1.82) is 0 Å². The number of imide groups is 1. The lowest BCUT2D eigenvalue weighted by Gasteiger charge is -2.12. The summed E-state index contributed by atoms with van der Waals surface area (Å²) < 4.78 is 1.36. The van der Waals surface area contributed by atoms with E-state index in [9.17, 15) is 9.59 Å². The second kappa shape index (κ2) is 6.59. The number of thioether (sulfide) groups is 1. The number of hydrogen-bond acceptors (Lipinski definition) is 6. The molecule has 1 saturated heterocycles. The number of carbonyl (C=O) groups is 2. The maximum absolute atomic E-state index is 11.5. The van der Waals surface area contributed by atoms with Crippen molar-refractivity contribution in [3.63, 3.8) is 0 Å². The van der Waals surface area contributed by atoms with Crippen molar-refractivity contribution in [2.45, 2.75) is 18.0 Å². The van der Waals surface area contributed by atoms with Gasteiger partial charge in [-0.15, -0.1) is 10.2 Å². The quantitative estimate of drug-likeness (QED) is 0.499. The third kappa shape index (κ3) is 3.18. The third-order valence-corrected chi connectivity index (χ3v) is 4.73. The smallest absolute Gasteiger partial charge is 0.229 e. The Hall–Kier alpha value is -2.06. The molecule has 1 fully saturated rings. The molecule has 0 unspecified atom stereocenters. The van der Waals surface area contributed by atoms with Crippen LogP contribution in [0.2, 0.25) is 5.02 Å². The van der Waals surface area contributed by atoms with Gasteiger partial charge in [-0.05, 0) is 12.1 Å². The van der Waals surface area contributed by atoms with Crippen molar-refractivity contribution in [2.75, 3.05) is 18.1 Å². The van der Waals surface area contributed by atoms with Crippen LogP contribution < -0.4 is 5.84 Å². The first kappa shape index (κ1) is 15.8. The molecule has 2 heterocycles. The standard InChI is InChI=1S/C14H14ClN5O2S/c15-10-4-2-1-3-9(10)13-17-18-14(20(13)16)23-8-7-19-11(21)5-6-12(19)22/h1-4H,5-8,16H2. The summed E-state index contributed by atoms with van der Waals surface area (Å²) in [4.78, 5) is 24.4. The van der Waals surface area contributed by atoms with E-state index in [-0.39, 0.29) is 11.8 Å². The Balaban J connectivity index is 1.67. The summed E-state index contributed by atoms with van der Waals surface area (Å²) in [6, 6.07) is 7.23. The fraction of sp³-hybridized carbons (Fsp3) is 0.286. The molecule has 0 atom stereocenters. The van der Waals surface area contributed by atoms with Gasteiger partial charge in [0.1, 0.15) is 0 Å². The van der Waals surface area contributed by atoms with Gasteiger partial charge in [0.25, 0.3) is 0 Å². The molecule has 0 aliphatic carbocycles. The molecule has 2 N–H and O–H groups in total. The molecule has 3 rings (SSSR count). The van der Waals surface area contributed by atoms with E-state index in [0.717, 1.165) is 0 Å². The number of likely N-dealkylation sites (tertiary alicyclic amines) is 1. The molecule has 1 aliphatic rings. The first-order valence-electron chi connectivity index (χ1n) is 6.99. The average Bonchev–Trinajstić information content (AvgIpc) is 3.05. The summed E-state index contributed by atoms with van der Waals surface area (Å²) in [5, 5.41) is 9.14. The maximum Gasteiger partial charge on any atom is 0.229 e. The molecule has 1 aliphatic heterocycles. The van der Waals surface area contributed by atoms with E-state index in [1.165, 1.54) is 21.3 Å². The minimum Gasteiger partial charge on any atom is -0.335 e. The lowest BCUT2D eigenvalue weighted by molar-refractivity contribution is -0.137. The average molecular weight is 352 g/mol. The van der Waals surface area contributed by atoms with Crippen molar-refractivity contribution in [2.24, 2.45) is 0 Å². The number of nitrogens with two attached hydrogens (primary N) is 1. The highest BCUT2D eigenvalue weighted by molar-refractivity contribution is 7.99. The molecule has 2 aromatic rings. The number of rotatable bonds is 5. The van der Waals surface area contributed by atoms with Crippen molar-refractivity contribution in [1.82, 2.24) is 19.8 Å². The van der Waals surface area contributed by atoms with Crippen LogP contribution in [0.25, 0.3) is 11.4 Å². The Morgan fingerprint density at radius 3 is 2.57 bits per heavy atom. The van der Waals surface area contributed by atoms with Gasteiger partial charge in [0, 0.05) is 30.7 Å². The van der Waals surface area contributed by atoms with Gasteiger partial charge in [-0.2, -0.15) is 0 Å². The van der Waals surface area contributed by atoms with E-state index in [4.69, 9.17) is 17.4 Å². The number of hydrogen-bond donors (Lipinski definition) is 1. The molecule has 7 nitrogen and oxygen atoms in total. The molecule has 1 aromatic carbocycles. The van der Waals surface area contributed by atoms with Crippen LogP contribution in [-0.4, -0.2) is 43.9 Å². The van der Waals surface area contributed by atoms with E-state index in [2.05, 4.69) is 10.2 Å². The van der Waals surface area contributed by atoms with Crippen LogP contribution in [0.3, 0.4) is 0 Å². The van der Waals surface area contributed by atoms with Gasteiger partial charge >= 0.3 is 0 Å². The van der Waals surface area contributed by atoms with Crippen molar-refractivity contribution < 1.29 is 9.59 Å². The number of amides is 2. The van der Waals surface area contributed by atoms with Crippen LogP contribution in [0.5, 0.6) is 0 Å². The number of nitrogen functional groups attached to an aromatic ring is 1. The lowest BCUT2D eigenvalue weighted by Crippen LogP contribution is -2.31. The van der Waals surface area contributed by atoms with E-state index in [1.807, 2.05) is 18.2 Å². The second-order valence-corrected chi connectivity index (χ2v) is 6.41. The fourth-order valence-electron chi connectivity index (χ4n) is 2.30. The van der Waals surface area contributed by atoms with Gasteiger partial charge in [-0.25, -0.2) is 4.68 Å². The Labute approximate surface area is 141 Å². The molecule has 0 radical (unpaired) electrons. The number of nitrogens with zero attached hydrogens (tertiary/aromatic N) is 4. The van der Waals surface area contributed by atoms with Crippen LogP contribution in [-0.2, 0) is 9.59 Å². The highest BCUT2D eigenvalue weighted by Crippen LogP contribution is 2.27. The number of benzene rings is 1. The maximum atomic E-state index is 11.5. The Bertz CT molecular complexity index is 747. The minimum absolute atomic E-state index is 0.124. The van der Waals surface area contributed by atoms with Crippen molar-refractivity contribution in [3.05, 3.63) is 29.3 Å². The monoisotopic (exact) mass is 351 g/mol. The van der Waals surface area contributed by atoms with Crippen molar-refractivity contribution in [3.8, 4) is 11.4 Å². The van der Waals surface area contributed by atoms with Gasteiger partial charge in [-0.3, -0.25) is 14.5 Å². The molecule has 120 valence electrons. The van der Waals surface area contributed by atoms with E-state index in [1.54, 1.807) is 6.07 Å². The van der Waals surface area contributed by atoms with Gasteiger partial charge in [0.15, 0.2) is 5.82 Å². The summed E-state index contributed by atoms with van der Waals surface area (Å²) in [5.74, 6) is 6.74. The molecular formula is C14H14ClN5O2S. The molecule has 0 saturated carbocycles. The molecule has 1 aromatic heterocycles. The van der Waals surface area contributed by atoms with Gasteiger partial charge < -0.3 is 5.84 Å². The molecule has 23 heavy (non-hydrogen) atoms. The molecule has 2 amide bonds. The normalized spacial score (nSPS) is 14.7. The Morgan fingerprint density at radius 1 is 1.17 bits per heavy atom. The number of carbonyl (C=O) groups excluding carboxylic acids is 2. The third-order valence-electron chi connectivity index (χ3n) is 3.48. The van der Waals surface area contributed by atoms with Crippen LogP contribution in [0.15, 0.2) is 29.4 Å². The Kier molecular flexibility index (Phi) is 4.53. The van der Waals surface area contributed by atoms with Gasteiger partial charge in [0.05, 0.1) is 5.02 Å². The van der Waals surface area contributed by atoms with Crippen LogP contribution in [0.1, 0.15) is 12.8 Å². The zero-order valence-electron chi connectivity index (χ0n) is 12.1. The predicted molar refractivity (Wildman–Crippen MR) is 87.3 cm³/mol. The van der Waals surface area contributed by atoms with Crippen LogP contribution in [0.4, 0.5) is 0 Å². The summed E-state index contributed by atoms with van der Waals surface area (Å²) in [7, 11) is 0. The SMILES string of the molecule is Nn1c(SCCN2C(=O)CCC2=O)nnc1-c1ccccc1Cl. The van der Waals surface area contributed by atoms with E-state index >= 15 is 0 Å². The first-order valence-corrected chi connectivity index (χ1v) is 8.35. The fourth-order valence-corrected chi connectivity index (χ4v) is 3.30. The highest BCUT2D eigenvalue weighted by atomic mass is 35.5. The van der Waals surface area contributed by atoms with Gasteiger partial charge in [-0.1, -0.05) is 35.5 Å². The molecule has 0 spiro atoms. The van der Waals surface area contributed by atoms with Crippen molar-refractivity contribution >= 4 is 35.2 Å². The predicted octanol–water partition coefficient (Wildman–Crippen LogP) is 1.55. The second-order valence-electron chi connectivity index (χ2n) is 4.94.